The van der Waals surface area contributed by atoms with Crippen LogP contribution >= 0.6 is 0 Å². The minimum absolute atomic E-state index is 1.15. The lowest BCUT2D eigenvalue weighted by atomic mass is 9.86. The number of aryl methyl sites for hydroxylation is 2. The molecular formula is C26H26. The monoisotopic (exact) mass is 338 g/mol. The third-order valence-corrected chi connectivity index (χ3v) is 5.36. The summed E-state index contributed by atoms with van der Waals surface area (Å²) < 4.78 is 0. The molecule has 0 heterocycles. The van der Waals surface area contributed by atoms with Crippen molar-refractivity contribution in [3.05, 3.63) is 83.9 Å². The van der Waals surface area contributed by atoms with Crippen molar-refractivity contribution >= 4 is 21.5 Å². The lowest BCUT2D eigenvalue weighted by Crippen LogP contribution is -1.98. The molecule has 0 radical (unpaired) electrons. The van der Waals surface area contributed by atoms with E-state index in [1.54, 1.807) is 11.1 Å². The van der Waals surface area contributed by atoms with Gasteiger partial charge in [-0.2, -0.15) is 0 Å². The van der Waals surface area contributed by atoms with Crippen molar-refractivity contribution in [2.24, 2.45) is 0 Å². The van der Waals surface area contributed by atoms with E-state index in [1.807, 2.05) is 0 Å². The van der Waals surface area contributed by atoms with E-state index in [4.69, 9.17) is 0 Å². The van der Waals surface area contributed by atoms with Gasteiger partial charge in [0.15, 0.2) is 0 Å². The Morgan fingerprint density at radius 2 is 1.08 bits per heavy atom. The van der Waals surface area contributed by atoms with Crippen molar-refractivity contribution in [3.63, 3.8) is 0 Å². The molecule has 0 N–H and O–H groups in total. The molecule has 26 heavy (non-hydrogen) atoms. The van der Waals surface area contributed by atoms with E-state index in [9.17, 15) is 0 Å². The predicted molar refractivity (Wildman–Crippen MR) is 115 cm³/mol. The predicted octanol–water partition coefficient (Wildman–Crippen LogP) is 7.57. The van der Waals surface area contributed by atoms with Gasteiger partial charge in [0.25, 0.3) is 0 Å². The maximum absolute atomic E-state index is 2.42. The molecule has 130 valence electrons. The Balaban J connectivity index is 2.08. The molecule has 4 rings (SSSR count). The van der Waals surface area contributed by atoms with Crippen LogP contribution in [0.15, 0.2) is 72.8 Å². The largest absolute Gasteiger partial charge is 0.0651 e. The van der Waals surface area contributed by atoms with Crippen LogP contribution in [0.5, 0.6) is 0 Å². The van der Waals surface area contributed by atoms with Crippen LogP contribution in [-0.4, -0.2) is 0 Å². The lowest BCUT2D eigenvalue weighted by Gasteiger charge is -2.18. The molecule has 0 aliphatic rings. The topological polar surface area (TPSA) is 0 Å². The number of hydrogen-bond acceptors (Lipinski definition) is 0. The summed E-state index contributed by atoms with van der Waals surface area (Å²) in [5, 5.41) is 5.67. The average Bonchev–Trinajstić information content (AvgIpc) is 2.71. The molecule has 0 amide bonds. The molecular weight excluding hydrogens is 312 g/mol. The van der Waals surface area contributed by atoms with Crippen molar-refractivity contribution in [2.75, 3.05) is 0 Å². The van der Waals surface area contributed by atoms with Gasteiger partial charge in [0.2, 0.25) is 0 Å². The van der Waals surface area contributed by atoms with Crippen molar-refractivity contribution in [1.29, 1.82) is 0 Å². The highest BCUT2D eigenvalue weighted by molar-refractivity contribution is 6.11. The van der Waals surface area contributed by atoms with Gasteiger partial charge >= 0.3 is 0 Å². The van der Waals surface area contributed by atoms with E-state index in [-0.39, 0.29) is 0 Å². The number of rotatable bonds is 5. The van der Waals surface area contributed by atoms with Crippen LogP contribution in [0.1, 0.15) is 37.8 Å². The number of fused-ring (bicyclic) bond motifs is 3. The fourth-order valence-electron chi connectivity index (χ4n) is 4.22. The highest BCUT2D eigenvalue weighted by atomic mass is 14.2. The van der Waals surface area contributed by atoms with Crippen molar-refractivity contribution in [1.82, 2.24) is 0 Å². The molecule has 0 fully saturated rings. The Kier molecular flexibility index (Phi) is 4.75. The van der Waals surface area contributed by atoms with E-state index in [0.29, 0.717) is 0 Å². The van der Waals surface area contributed by atoms with Crippen LogP contribution in [0.3, 0.4) is 0 Å². The van der Waals surface area contributed by atoms with Crippen LogP contribution in [0, 0.1) is 0 Å². The highest BCUT2D eigenvalue weighted by Crippen LogP contribution is 2.36. The van der Waals surface area contributed by atoms with Crippen molar-refractivity contribution in [2.45, 2.75) is 39.5 Å². The summed E-state index contributed by atoms with van der Waals surface area (Å²) in [5.74, 6) is 0. The Labute approximate surface area is 156 Å². The maximum atomic E-state index is 2.42. The van der Waals surface area contributed by atoms with Crippen LogP contribution < -0.4 is 0 Å². The standard InChI is InChI=1S/C26H26/c1-3-10-21-22(11-4-2)26-18-20(19-12-6-5-7-13-19)16-17-25(26)24-15-9-8-14-23(21)24/h5-9,12-18H,3-4,10-11H2,1-2H3. The molecule has 0 saturated heterocycles. The zero-order valence-electron chi connectivity index (χ0n) is 15.8. The summed E-state index contributed by atoms with van der Waals surface area (Å²) in [6, 6.07) is 26.7. The molecule has 0 atom stereocenters. The van der Waals surface area contributed by atoms with Gasteiger partial charge in [-0.25, -0.2) is 0 Å². The molecule has 0 bridgehead atoms. The van der Waals surface area contributed by atoms with Gasteiger partial charge in [0.05, 0.1) is 0 Å². The second kappa shape index (κ2) is 7.33. The fraction of sp³-hybridized carbons (Fsp3) is 0.231. The van der Waals surface area contributed by atoms with Gasteiger partial charge in [-0.15, -0.1) is 0 Å². The number of benzene rings is 4. The summed E-state index contributed by atoms with van der Waals surface area (Å²) in [6.07, 6.45) is 4.67. The SMILES string of the molecule is CCCc1c(CCC)c2cc(-c3ccccc3)ccc2c2ccccc12. The first-order chi connectivity index (χ1) is 12.8. The van der Waals surface area contributed by atoms with E-state index in [2.05, 4.69) is 86.6 Å². The number of hydrogen-bond donors (Lipinski definition) is 0. The summed E-state index contributed by atoms with van der Waals surface area (Å²) in [6.45, 7) is 4.58. The van der Waals surface area contributed by atoms with Crippen LogP contribution in [0.2, 0.25) is 0 Å². The summed E-state index contributed by atoms with van der Waals surface area (Å²) in [7, 11) is 0. The first kappa shape index (κ1) is 16.8. The molecule has 0 aliphatic heterocycles. The molecule has 0 saturated carbocycles. The molecule has 0 spiro atoms. The fourth-order valence-corrected chi connectivity index (χ4v) is 4.22. The zero-order chi connectivity index (χ0) is 17.9. The van der Waals surface area contributed by atoms with Crippen molar-refractivity contribution in [3.8, 4) is 11.1 Å². The molecule has 0 heteroatoms. The van der Waals surface area contributed by atoms with Crippen LogP contribution in [0.25, 0.3) is 32.7 Å². The minimum atomic E-state index is 1.15. The van der Waals surface area contributed by atoms with Crippen molar-refractivity contribution < 1.29 is 0 Å². The van der Waals surface area contributed by atoms with Crippen LogP contribution in [-0.2, 0) is 12.8 Å². The first-order valence-corrected chi connectivity index (χ1v) is 9.85. The van der Waals surface area contributed by atoms with E-state index in [1.165, 1.54) is 45.5 Å². The quantitative estimate of drug-likeness (QED) is 0.329. The normalized spacial score (nSPS) is 11.3. The summed E-state index contributed by atoms with van der Waals surface area (Å²) in [4.78, 5) is 0. The second-order valence-corrected chi connectivity index (χ2v) is 7.13. The second-order valence-electron chi connectivity index (χ2n) is 7.13. The van der Waals surface area contributed by atoms with Gasteiger partial charge in [0.1, 0.15) is 0 Å². The van der Waals surface area contributed by atoms with E-state index >= 15 is 0 Å². The lowest BCUT2D eigenvalue weighted by molar-refractivity contribution is 0.874. The maximum Gasteiger partial charge on any atom is -0.0102 e. The van der Waals surface area contributed by atoms with Crippen LogP contribution in [0.4, 0.5) is 0 Å². The molecule has 0 aliphatic carbocycles. The Hall–Kier alpha value is -2.60. The van der Waals surface area contributed by atoms with E-state index in [0.717, 1.165) is 12.8 Å². The molecule has 4 aromatic rings. The molecule has 0 unspecified atom stereocenters. The first-order valence-electron chi connectivity index (χ1n) is 9.85. The Morgan fingerprint density at radius 1 is 0.500 bits per heavy atom. The smallest absolute Gasteiger partial charge is 0.0102 e. The molecule has 0 nitrogen and oxygen atoms in total. The zero-order valence-corrected chi connectivity index (χ0v) is 15.8. The molecule has 4 aromatic carbocycles. The van der Waals surface area contributed by atoms with E-state index < -0.39 is 0 Å². The average molecular weight is 338 g/mol. The van der Waals surface area contributed by atoms with Gasteiger partial charge < -0.3 is 0 Å². The summed E-state index contributed by atoms with van der Waals surface area (Å²) >= 11 is 0. The third kappa shape index (κ3) is 2.90. The highest BCUT2D eigenvalue weighted by Gasteiger charge is 2.14. The van der Waals surface area contributed by atoms with Gasteiger partial charge in [-0.3, -0.25) is 0 Å². The van der Waals surface area contributed by atoms with Gasteiger partial charge in [-0.1, -0.05) is 93.4 Å². The Morgan fingerprint density at radius 3 is 1.77 bits per heavy atom. The molecule has 0 aromatic heterocycles. The summed E-state index contributed by atoms with van der Waals surface area (Å²) in [5.41, 5.74) is 5.72. The third-order valence-electron chi connectivity index (χ3n) is 5.36. The minimum Gasteiger partial charge on any atom is -0.0651 e. The Bertz CT molecular complexity index is 1040. The van der Waals surface area contributed by atoms with Gasteiger partial charge in [0, 0.05) is 0 Å². The van der Waals surface area contributed by atoms with Gasteiger partial charge in [-0.05, 0) is 62.7 Å².